The second-order valence-electron chi connectivity index (χ2n) is 3.85. The number of rotatable bonds is 7. The lowest BCUT2D eigenvalue weighted by Crippen LogP contribution is -2.18. The van der Waals surface area contributed by atoms with Crippen molar-refractivity contribution >= 4 is 11.8 Å². The second kappa shape index (κ2) is 7.04. The lowest BCUT2D eigenvalue weighted by Gasteiger charge is -2.15. The van der Waals surface area contributed by atoms with Gasteiger partial charge in [0.15, 0.2) is 0 Å². The maximum absolute atomic E-state index is 4.41. The zero-order chi connectivity index (χ0) is 11.8. The van der Waals surface area contributed by atoms with Crippen LogP contribution in [0.4, 0.5) is 11.8 Å². The van der Waals surface area contributed by atoms with E-state index in [4.69, 9.17) is 0 Å². The molecular formula is C12H22N4. The zero-order valence-corrected chi connectivity index (χ0v) is 10.5. The van der Waals surface area contributed by atoms with E-state index < -0.39 is 0 Å². The number of hydrogen-bond donors (Lipinski definition) is 2. The number of nitrogens with zero attached hydrogens (tertiary/aromatic N) is 2. The van der Waals surface area contributed by atoms with Crippen molar-refractivity contribution in [2.75, 3.05) is 17.2 Å². The summed E-state index contributed by atoms with van der Waals surface area (Å²) in [7, 11) is 0. The van der Waals surface area contributed by atoms with Crippen molar-refractivity contribution in [3.63, 3.8) is 0 Å². The molecule has 0 aliphatic rings. The Balaban J connectivity index is 2.59. The van der Waals surface area contributed by atoms with Crippen molar-refractivity contribution in [2.45, 2.75) is 46.1 Å². The highest BCUT2D eigenvalue weighted by molar-refractivity contribution is 5.40. The molecule has 1 rings (SSSR count). The normalized spacial score (nSPS) is 10.5. The van der Waals surface area contributed by atoms with Crippen LogP contribution in [0.1, 0.15) is 40.0 Å². The van der Waals surface area contributed by atoms with Crippen LogP contribution < -0.4 is 10.6 Å². The van der Waals surface area contributed by atoms with Gasteiger partial charge >= 0.3 is 0 Å². The Labute approximate surface area is 97.9 Å². The van der Waals surface area contributed by atoms with Crippen molar-refractivity contribution in [1.82, 2.24) is 9.97 Å². The Morgan fingerprint density at radius 1 is 1.25 bits per heavy atom. The van der Waals surface area contributed by atoms with Crippen LogP contribution in [0.3, 0.4) is 0 Å². The molecule has 0 aromatic carbocycles. The Kier molecular flexibility index (Phi) is 5.61. The molecule has 2 N–H and O–H groups in total. The molecular weight excluding hydrogens is 200 g/mol. The van der Waals surface area contributed by atoms with Gasteiger partial charge in [-0.3, -0.25) is 0 Å². The van der Waals surface area contributed by atoms with Crippen molar-refractivity contribution in [2.24, 2.45) is 0 Å². The molecule has 0 saturated carbocycles. The first-order chi connectivity index (χ1) is 7.80. The van der Waals surface area contributed by atoms with Gasteiger partial charge in [-0.05, 0) is 25.3 Å². The van der Waals surface area contributed by atoms with Gasteiger partial charge in [-0.25, -0.2) is 4.98 Å². The molecule has 0 bridgehead atoms. The predicted molar refractivity (Wildman–Crippen MR) is 68.8 cm³/mol. The minimum atomic E-state index is 0.494. The molecule has 1 aromatic rings. The summed E-state index contributed by atoms with van der Waals surface area (Å²) in [6.45, 7) is 7.39. The first-order valence-corrected chi connectivity index (χ1v) is 6.13. The van der Waals surface area contributed by atoms with Gasteiger partial charge in [0.1, 0.15) is 5.82 Å². The number of anilines is 2. The van der Waals surface area contributed by atoms with E-state index in [1.165, 1.54) is 0 Å². The maximum Gasteiger partial charge on any atom is 0.224 e. The predicted octanol–water partition coefficient (Wildman–Crippen LogP) is 2.90. The Bertz CT molecular complexity index is 297. The van der Waals surface area contributed by atoms with Crippen molar-refractivity contribution in [1.29, 1.82) is 0 Å². The summed E-state index contributed by atoms with van der Waals surface area (Å²) >= 11 is 0. The van der Waals surface area contributed by atoms with E-state index in [2.05, 4.69) is 41.4 Å². The highest BCUT2D eigenvalue weighted by atomic mass is 15.1. The molecule has 0 aliphatic heterocycles. The molecule has 0 saturated heterocycles. The molecule has 90 valence electrons. The minimum absolute atomic E-state index is 0.494. The van der Waals surface area contributed by atoms with Crippen LogP contribution in [0.25, 0.3) is 0 Å². The molecule has 0 unspecified atom stereocenters. The highest BCUT2D eigenvalue weighted by Crippen LogP contribution is 2.10. The first kappa shape index (κ1) is 12.7. The summed E-state index contributed by atoms with van der Waals surface area (Å²) in [6.07, 6.45) is 5.08. The molecule has 1 heterocycles. The first-order valence-electron chi connectivity index (χ1n) is 6.13. The largest absolute Gasteiger partial charge is 0.367 e. The van der Waals surface area contributed by atoms with E-state index in [1.807, 2.05) is 6.07 Å². The molecule has 0 amide bonds. The van der Waals surface area contributed by atoms with Gasteiger partial charge in [-0.2, -0.15) is 4.98 Å². The van der Waals surface area contributed by atoms with Gasteiger partial charge in [0.05, 0.1) is 0 Å². The minimum Gasteiger partial charge on any atom is -0.367 e. The molecule has 0 aliphatic carbocycles. The van der Waals surface area contributed by atoms with E-state index >= 15 is 0 Å². The van der Waals surface area contributed by atoms with Crippen molar-refractivity contribution in [3.8, 4) is 0 Å². The van der Waals surface area contributed by atoms with Crippen molar-refractivity contribution < 1.29 is 0 Å². The molecule has 4 nitrogen and oxygen atoms in total. The van der Waals surface area contributed by atoms with E-state index in [0.29, 0.717) is 12.0 Å². The molecule has 16 heavy (non-hydrogen) atoms. The van der Waals surface area contributed by atoms with Crippen LogP contribution in [0, 0.1) is 0 Å². The summed E-state index contributed by atoms with van der Waals surface area (Å²) in [5.41, 5.74) is 0. The Morgan fingerprint density at radius 3 is 2.62 bits per heavy atom. The summed E-state index contributed by atoms with van der Waals surface area (Å²) in [5, 5.41) is 6.59. The Hall–Kier alpha value is -1.32. The molecule has 4 heteroatoms. The zero-order valence-electron chi connectivity index (χ0n) is 10.5. The van der Waals surface area contributed by atoms with Crippen LogP contribution in [0.5, 0.6) is 0 Å². The van der Waals surface area contributed by atoms with Gasteiger partial charge in [-0.15, -0.1) is 0 Å². The fraction of sp³-hybridized carbons (Fsp3) is 0.667. The fourth-order valence-electron chi connectivity index (χ4n) is 1.46. The van der Waals surface area contributed by atoms with E-state index in [-0.39, 0.29) is 0 Å². The fourth-order valence-corrected chi connectivity index (χ4v) is 1.46. The van der Waals surface area contributed by atoms with Gasteiger partial charge in [-0.1, -0.05) is 20.8 Å². The standard InChI is InChI=1S/C12H22N4/c1-4-8-13-12-14-9-7-11(16-12)15-10(5-2)6-3/h7,9-10H,4-6,8H2,1-3H3,(H2,13,14,15,16). The van der Waals surface area contributed by atoms with Crippen molar-refractivity contribution in [3.05, 3.63) is 12.3 Å². The number of hydrogen-bond acceptors (Lipinski definition) is 4. The average molecular weight is 222 g/mol. The summed E-state index contributed by atoms with van der Waals surface area (Å²) < 4.78 is 0. The maximum atomic E-state index is 4.41. The second-order valence-corrected chi connectivity index (χ2v) is 3.85. The smallest absolute Gasteiger partial charge is 0.224 e. The molecule has 1 aromatic heterocycles. The number of nitrogens with one attached hydrogen (secondary N) is 2. The third-order valence-electron chi connectivity index (χ3n) is 2.53. The van der Waals surface area contributed by atoms with Crippen LogP contribution in [0.2, 0.25) is 0 Å². The quantitative estimate of drug-likeness (QED) is 0.744. The van der Waals surface area contributed by atoms with Gasteiger partial charge in [0, 0.05) is 18.8 Å². The van der Waals surface area contributed by atoms with E-state index in [0.717, 1.165) is 31.6 Å². The Morgan fingerprint density at radius 2 is 2.00 bits per heavy atom. The van der Waals surface area contributed by atoms with Crippen LogP contribution in [-0.4, -0.2) is 22.6 Å². The highest BCUT2D eigenvalue weighted by Gasteiger charge is 2.04. The van der Waals surface area contributed by atoms with Gasteiger partial charge < -0.3 is 10.6 Å². The lowest BCUT2D eigenvalue weighted by molar-refractivity contribution is 0.668. The lowest BCUT2D eigenvalue weighted by atomic mass is 10.2. The third-order valence-corrected chi connectivity index (χ3v) is 2.53. The molecule has 0 radical (unpaired) electrons. The van der Waals surface area contributed by atoms with Gasteiger partial charge in [0.2, 0.25) is 5.95 Å². The molecule has 0 atom stereocenters. The average Bonchev–Trinajstić information content (AvgIpc) is 2.34. The monoisotopic (exact) mass is 222 g/mol. The van der Waals surface area contributed by atoms with E-state index in [9.17, 15) is 0 Å². The topological polar surface area (TPSA) is 49.8 Å². The molecule has 0 spiro atoms. The van der Waals surface area contributed by atoms with E-state index in [1.54, 1.807) is 6.20 Å². The SMILES string of the molecule is CCCNc1nccc(NC(CC)CC)n1. The van der Waals surface area contributed by atoms with Crippen LogP contribution >= 0.6 is 0 Å². The van der Waals surface area contributed by atoms with Crippen LogP contribution in [0.15, 0.2) is 12.3 Å². The molecule has 0 fully saturated rings. The third kappa shape index (κ3) is 4.04. The van der Waals surface area contributed by atoms with Crippen LogP contribution in [-0.2, 0) is 0 Å². The summed E-state index contributed by atoms with van der Waals surface area (Å²) in [5.74, 6) is 1.61. The van der Waals surface area contributed by atoms with Gasteiger partial charge in [0.25, 0.3) is 0 Å². The summed E-state index contributed by atoms with van der Waals surface area (Å²) in [6, 6.07) is 2.41. The summed E-state index contributed by atoms with van der Waals surface area (Å²) in [4.78, 5) is 8.59. The number of aromatic nitrogens is 2.